The molecule has 19 heavy (non-hydrogen) atoms. The number of aromatic nitrogens is 4. The molecule has 0 atom stereocenters. The molecular weight excluding hydrogens is 240 g/mol. The summed E-state index contributed by atoms with van der Waals surface area (Å²) in [6.07, 6.45) is 4.86. The average molecular weight is 254 g/mol. The van der Waals surface area contributed by atoms with Gasteiger partial charge in [0, 0.05) is 24.0 Å². The highest BCUT2D eigenvalue weighted by Gasteiger charge is 2.16. The van der Waals surface area contributed by atoms with Crippen molar-refractivity contribution in [2.75, 3.05) is 0 Å². The molecular formula is C14H14N4O. The topological polar surface area (TPSA) is 63.8 Å². The molecule has 0 saturated carbocycles. The Morgan fingerprint density at radius 3 is 2.84 bits per heavy atom. The number of hydrogen-bond donors (Lipinski definition) is 1. The molecule has 3 rings (SSSR count). The van der Waals surface area contributed by atoms with E-state index in [1.54, 1.807) is 18.5 Å². The summed E-state index contributed by atoms with van der Waals surface area (Å²) in [5.41, 5.74) is 2.47. The number of pyridine rings is 2. The van der Waals surface area contributed by atoms with Gasteiger partial charge in [0.05, 0.1) is 6.20 Å². The van der Waals surface area contributed by atoms with E-state index in [0.717, 1.165) is 22.6 Å². The molecule has 0 unspecified atom stereocenters. The molecule has 0 aliphatic carbocycles. The summed E-state index contributed by atoms with van der Waals surface area (Å²) in [6, 6.07) is 5.68. The van der Waals surface area contributed by atoms with Gasteiger partial charge >= 0.3 is 0 Å². The summed E-state index contributed by atoms with van der Waals surface area (Å²) in [5.74, 6) is 0.903. The van der Waals surface area contributed by atoms with Crippen molar-refractivity contribution in [1.82, 2.24) is 19.5 Å². The average Bonchev–Trinajstić information content (AvgIpc) is 2.78. The lowest BCUT2D eigenvalue weighted by atomic mass is 10.2. The van der Waals surface area contributed by atoms with Crippen LogP contribution in [-0.4, -0.2) is 24.6 Å². The van der Waals surface area contributed by atoms with Crippen molar-refractivity contribution in [2.24, 2.45) is 0 Å². The van der Waals surface area contributed by atoms with Gasteiger partial charge in [-0.15, -0.1) is 0 Å². The normalized spacial score (nSPS) is 11.3. The lowest BCUT2D eigenvalue weighted by molar-refractivity contribution is 0.473. The molecule has 5 nitrogen and oxygen atoms in total. The fourth-order valence-electron chi connectivity index (χ4n) is 2.17. The Bertz CT molecular complexity index is 733. The fraction of sp³-hybridized carbons (Fsp3) is 0.214. The Balaban J connectivity index is 2.31. The molecule has 0 saturated heterocycles. The number of hydrogen-bond acceptors (Lipinski definition) is 4. The first-order valence-electron chi connectivity index (χ1n) is 6.14. The first kappa shape index (κ1) is 11.6. The zero-order valence-electron chi connectivity index (χ0n) is 10.8. The summed E-state index contributed by atoms with van der Waals surface area (Å²) in [4.78, 5) is 13.0. The lowest BCUT2D eigenvalue weighted by Gasteiger charge is -2.12. The highest BCUT2D eigenvalue weighted by atomic mass is 16.3. The minimum absolute atomic E-state index is 0.132. The van der Waals surface area contributed by atoms with Gasteiger partial charge in [0.15, 0.2) is 5.65 Å². The third-order valence-corrected chi connectivity index (χ3v) is 2.95. The van der Waals surface area contributed by atoms with E-state index >= 15 is 0 Å². The summed E-state index contributed by atoms with van der Waals surface area (Å²) in [6.45, 7) is 4.16. The molecule has 3 aromatic rings. The number of imidazole rings is 1. The van der Waals surface area contributed by atoms with Gasteiger partial charge in [-0.1, -0.05) is 0 Å². The van der Waals surface area contributed by atoms with Crippen LogP contribution in [0.5, 0.6) is 5.75 Å². The summed E-state index contributed by atoms with van der Waals surface area (Å²) >= 11 is 0. The van der Waals surface area contributed by atoms with Crippen LogP contribution in [-0.2, 0) is 0 Å². The number of rotatable bonds is 2. The SMILES string of the molecule is CC(C)n1c(-c2cncc(O)c2)nc2cccnc21. The summed E-state index contributed by atoms with van der Waals surface area (Å²) in [7, 11) is 0. The maximum absolute atomic E-state index is 9.56. The van der Waals surface area contributed by atoms with Crippen molar-refractivity contribution >= 4 is 11.2 Å². The van der Waals surface area contributed by atoms with Gasteiger partial charge in [-0.05, 0) is 32.0 Å². The fourth-order valence-corrected chi connectivity index (χ4v) is 2.17. The van der Waals surface area contributed by atoms with Crippen LogP contribution in [0.25, 0.3) is 22.6 Å². The van der Waals surface area contributed by atoms with E-state index in [0.29, 0.717) is 0 Å². The van der Waals surface area contributed by atoms with Crippen molar-refractivity contribution in [1.29, 1.82) is 0 Å². The largest absolute Gasteiger partial charge is 0.506 e. The van der Waals surface area contributed by atoms with Crippen molar-refractivity contribution in [3.05, 3.63) is 36.8 Å². The number of fused-ring (bicyclic) bond motifs is 1. The molecule has 0 aliphatic rings. The molecule has 0 fully saturated rings. The minimum Gasteiger partial charge on any atom is -0.506 e. The molecule has 96 valence electrons. The van der Waals surface area contributed by atoms with E-state index in [1.165, 1.54) is 6.20 Å². The molecule has 3 aromatic heterocycles. The molecule has 5 heteroatoms. The van der Waals surface area contributed by atoms with Crippen LogP contribution >= 0.6 is 0 Å². The number of nitrogens with zero attached hydrogens (tertiary/aromatic N) is 4. The molecule has 1 N–H and O–H groups in total. The van der Waals surface area contributed by atoms with Gasteiger partial charge in [0.25, 0.3) is 0 Å². The van der Waals surface area contributed by atoms with Crippen molar-refractivity contribution in [2.45, 2.75) is 19.9 Å². The molecule has 0 aliphatic heterocycles. The minimum atomic E-state index is 0.132. The summed E-state index contributed by atoms with van der Waals surface area (Å²) < 4.78 is 2.05. The maximum Gasteiger partial charge on any atom is 0.160 e. The third-order valence-electron chi connectivity index (χ3n) is 2.95. The summed E-state index contributed by atoms with van der Waals surface area (Å²) in [5, 5.41) is 9.56. The van der Waals surface area contributed by atoms with Crippen LogP contribution in [0.4, 0.5) is 0 Å². The molecule has 0 aromatic carbocycles. The Kier molecular flexibility index (Phi) is 2.67. The zero-order chi connectivity index (χ0) is 13.4. The number of aromatic hydroxyl groups is 1. The second kappa shape index (κ2) is 4.35. The van der Waals surface area contributed by atoms with Crippen molar-refractivity contribution in [3.8, 4) is 17.1 Å². The molecule has 0 spiro atoms. The Hall–Kier alpha value is -2.43. The Labute approximate surface area is 110 Å². The second-order valence-corrected chi connectivity index (χ2v) is 4.68. The monoisotopic (exact) mass is 254 g/mol. The van der Waals surface area contributed by atoms with E-state index in [1.807, 2.05) is 16.7 Å². The van der Waals surface area contributed by atoms with E-state index in [4.69, 9.17) is 0 Å². The maximum atomic E-state index is 9.56. The van der Waals surface area contributed by atoms with E-state index in [2.05, 4.69) is 28.8 Å². The standard InChI is InChI=1S/C14H14N4O/c1-9(2)18-13(10-6-11(19)8-15-7-10)17-12-4-3-5-16-14(12)18/h3-9,19H,1-2H3. The van der Waals surface area contributed by atoms with Crippen molar-refractivity contribution < 1.29 is 5.11 Å². The van der Waals surface area contributed by atoms with Gasteiger partial charge in [0.2, 0.25) is 0 Å². The molecule has 0 bridgehead atoms. The van der Waals surface area contributed by atoms with Crippen LogP contribution < -0.4 is 0 Å². The van der Waals surface area contributed by atoms with Crippen LogP contribution in [0.2, 0.25) is 0 Å². The van der Waals surface area contributed by atoms with Gasteiger partial charge in [0.1, 0.15) is 17.1 Å². The van der Waals surface area contributed by atoms with Crippen LogP contribution in [0.3, 0.4) is 0 Å². The first-order valence-corrected chi connectivity index (χ1v) is 6.14. The van der Waals surface area contributed by atoms with Gasteiger partial charge < -0.3 is 9.67 Å². The molecule has 3 heterocycles. The third kappa shape index (κ3) is 1.93. The lowest BCUT2D eigenvalue weighted by Crippen LogP contribution is -2.04. The van der Waals surface area contributed by atoms with Crippen molar-refractivity contribution in [3.63, 3.8) is 0 Å². The van der Waals surface area contributed by atoms with E-state index < -0.39 is 0 Å². The van der Waals surface area contributed by atoms with E-state index in [-0.39, 0.29) is 11.8 Å². The van der Waals surface area contributed by atoms with Gasteiger partial charge in [-0.2, -0.15) is 0 Å². The first-order chi connectivity index (χ1) is 9.16. The molecule has 0 radical (unpaired) electrons. The smallest absolute Gasteiger partial charge is 0.160 e. The van der Waals surface area contributed by atoms with Crippen LogP contribution in [0.1, 0.15) is 19.9 Å². The van der Waals surface area contributed by atoms with Gasteiger partial charge in [-0.3, -0.25) is 4.98 Å². The van der Waals surface area contributed by atoms with Gasteiger partial charge in [-0.25, -0.2) is 9.97 Å². The predicted octanol–water partition coefficient (Wildman–Crippen LogP) is 2.78. The van der Waals surface area contributed by atoms with E-state index in [9.17, 15) is 5.11 Å². The predicted molar refractivity (Wildman–Crippen MR) is 72.8 cm³/mol. The van der Waals surface area contributed by atoms with Crippen LogP contribution in [0, 0.1) is 0 Å². The Morgan fingerprint density at radius 1 is 1.26 bits per heavy atom. The highest BCUT2D eigenvalue weighted by Crippen LogP contribution is 2.28. The quantitative estimate of drug-likeness (QED) is 0.763. The molecule has 0 amide bonds. The second-order valence-electron chi connectivity index (χ2n) is 4.68. The highest BCUT2D eigenvalue weighted by molar-refractivity contribution is 5.77. The Morgan fingerprint density at radius 2 is 2.11 bits per heavy atom. The van der Waals surface area contributed by atoms with Crippen LogP contribution in [0.15, 0.2) is 36.8 Å². The zero-order valence-corrected chi connectivity index (χ0v) is 10.8.